The summed E-state index contributed by atoms with van der Waals surface area (Å²) in [5.74, 6) is 0.222. The number of hydrogen-bond acceptors (Lipinski definition) is 4. The van der Waals surface area contributed by atoms with E-state index in [1.165, 1.54) is 12.1 Å². The van der Waals surface area contributed by atoms with Gasteiger partial charge in [0.15, 0.2) is 0 Å². The van der Waals surface area contributed by atoms with Crippen molar-refractivity contribution in [3.05, 3.63) is 68.2 Å². The Morgan fingerprint density at radius 3 is 2.81 bits per heavy atom. The minimum absolute atomic E-state index is 0.0158. The zero-order valence-corrected chi connectivity index (χ0v) is 11.8. The lowest BCUT2D eigenvalue weighted by Gasteiger charge is -2.28. The van der Waals surface area contributed by atoms with E-state index in [4.69, 9.17) is 11.6 Å². The van der Waals surface area contributed by atoms with Gasteiger partial charge in [-0.25, -0.2) is 0 Å². The number of nitrogens with zero attached hydrogens (tertiary/aromatic N) is 1. The average molecular weight is 305 g/mol. The minimum atomic E-state index is -0.430. The monoisotopic (exact) mass is 304 g/mol. The summed E-state index contributed by atoms with van der Waals surface area (Å²) in [6.07, 6.45) is 0.798. The van der Waals surface area contributed by atoms with Gasteiger partial charge in [0.05, 0.1) is 11.0 Å². The Bertz CT molecular complexity index is 718. The molecule has 1 aliphatic rings. The number of rotatable bonds is 2. The number of hydrogen-bond donors (Lipinski definition) is 2. The third-order valence-electron chi connectivity index (χ3n) is 3.68. The number of nitro groups is 1. The average Bonchev–Trinajstić information content (AvgIpc) is 2.46. The number of benzene rings is 2. The molecule has 0 radical (unpaired) electrons. The SMILES string of the molecule is O=[N+]([O-])c1ccc(Cl)c(C2NCCc3cc(O)ccc32)c1. The molecule has 0 aromatic heterocycles. The molecule has 0 fully saturated rings. The minimum Gasteiger partial charge on any atom is -0.508 e. The van der Waals surface area contributed by atoms with Crippen LogP contribution < -0.4 is 5.32 Å². The highest BCUT2D eigenvalue weighted by Gasteiger charge is 2.25. The van der Waals surface area contributed by atoms with E-state index in [1.807, 2.05) is 6.07 Å². The summed E-state index contributed by atoms with van der Waals surface area (Å²) in [5, 5.41) is 24.3. The third kappa shape index (κ3) is 2.57. The zero-order chi connectivity index (χ0) is 15.0. The molecule has 1 heterocycles. The molecule has 0 aliphatic carbocycles. The molecule has 0 bridgehead atoms. The topological polar surface area (TPSA) is 75.4 Å². The lowest BCUT2D eigenvalue weighted by molar-refractivity contribution is -0.384. The number of nitrogens with one attached hydrogen (secondary N) is 1. The number of phenolic OH excluding ortho intramolecular Hbond substituents is 1. The van der Waals surface area contributed by atoms with Crippen LogP contribution in [0.1, 0.15) is 22.7 Å². The van der Waals surface area contributed by atoms with E-state index in [-0.39, 0.29) is 17.5 Å². The molecule has 0 spiro atoms. The van der Waals surface area contributed by atoms with Crippen LogP contribution in [0.3, 0.4) is 0 Å². The van der Waals surface area contributed by atoms with Crippen LogP contribution >= 0.6 is 11.6 Å². The molecular formula is C15H13ClN2O3. The van der Waals surface area contributed by atoms with Crippen LogP contribution in [0.4, 0.5) is 5.69 Å². The molecule has 1 aliphatic heterocycles. The van der Waals surface area contributed by atoms with Gasteiger partial charge in [0, 0.05) is 23.7 Å². The van der Waals surface area contributed by atoms with E-state index < -0.39 is 4.92 Å². The highest BCUT2D eigenvalue weighted by molar-refractivity contribution is 6.31. The smallest absolute Gasteiger partial charge is 0.269 e. The Hall–Kier alpha value is -2.11. The van der Waals surface area contributed by atoms with Crippen molar-refractivity contribution in [3.63, 3.8) is 0 Å². The first kappa shape index (κ1) is 13.9. The van der Waals surface area contributed by atoms with Crippen LogP contribution in [0.2, 0.25) is 5.02 Å². The van der Waals surface area contributed by atoms with Gasteiger partial charge in [-0.15, -0.1) is 0 Å². The number of halogens is 1. The van der Waals surface area contributed by atoms with E-state index in [0.717, 1.165) is 24.1 Å². The summed E-state index contributed by atoms with van der Waals surface area (Å²) >= 11 is 6.22. The van der Waals surface area contributed by atoms with Crippen molar-refractivity contribution in [3.8, 4) is 5.75 Å². The maximum Gasteiger partial charge on any atom is 0.269 e. The maximum absolute atomic E-state index is 10.9. The third-order valence-corrected chi connectivity index (χ3v) is 4.03. The van der Waals surface area contributed by atoms with E-state index in [0.29, 0.717) is 10.6 Å². The van der Waals surface area contributed by atoms with E-state index in [9.17, 15) is 15.2 Å². The fourth-order valence-corrected chi connectivity index (χ4v) is 2.92. The first-order valence-electron chi connectivity index (χ1n) is 6.55. The Morgan fingerprint density at radius 1 is 1.24 bits per heavy atom. The largest absolute Gasteiger partial charge is 0.508 e. The van der Waals surface area contributed by atoms with Crippen molar-refractivity contribution in [1.82, 2.24) is 5.32 Å². The molecule has 0 saturated heterocycles. The van der Waals surface area contributed by atoms with Gasteiger partial charge < -0.3 is 10.4 Å². The highest BCUT2D eigenvalue weighted by atomic mass is 35.5. The predicted molar refractivity (Wildman–Crippen MR) is 79.8 cm³/mol. The van der Waals surface area contributed by atoms with Gasteiger partial charge in [0.2, 0.25) is 0 Å². The fourth-order valence-electron chi connectivity index (χ4n) is 2.69. The van der Waals surface area contributed by atoms with Gasteiger partial charge in [-0.2, -0.15) is 0 Å². The summed E-state index contributed by atoms with van der Waals surface area (Å²) in [4.78, 5) is 10.5. The van der Waals surface area contributed by atoms with Gasteiger partial charge in [0.1, 0.15) is 5.75 Å². The Labute approximate surface area is 126 Å². The molecule has 1 unspecified atom stereocenters. The Balaban J connectivity index is 2.10. The molecule has 1 atom stereocenters. The first-order chi connectivity index (χ1) is 10.1. The quantitative estimate of drug-likeness (QED) is 0.660. The normalized spacial score (nSPS) is 17.3. The molecule has 21 heavy (non-hydrogen) atoms. The molecule has 108 valence electrons. The second-order valence-electron chi connectivity index (χ2n) is 4.98. The molecular weight excluding hydrogens is 292 g/mol. The van der Waals surface area contributed by atoms with Gasteiger partial charge in [-0.05, 0) is 41.3 Å². The fraction of sp³-hybridized carbons (Fsp3) is 0.200. The van der Waals surface area contributed by atoms with Crippen LogP contribution in [0.15, 0.2) is 36.4 Å². The zero-order valence-electron chi connectivity index (χ0n) is 11.0. The molecule has 2 aromatic rings. The Morgan fingerprint density at radius 2 is 2.05 bits per heavy atom. The second-order valence-corrected chi connectivity index (χ2v) is 5.39. The summed E-state index contributed by atoms with van der Waals surface area (Å²) in [5.41, 5.74) is 2.71. The summed E-state index contributed by atoms with van der Waals surface area (Å²) < 4.78 is 0. The standard InChI is InChI=1S/C15H13ClN2O3/c16-14-4-1-10(18(20)21)8-13(14)15-12-3-2-11(19)7-9(12)5-6-17-15/h1-4,7-8,15,17,19H,5-6H2. The van der Waals surface area contributed by atoms with Crippen LogP contribution in [-0.4, -0.2) is 16.6 Å². The maximum atomic E-state index is 10.9. The molecule has 0 amide bonds. The van der Waals surface area contributed by atoms with Crippen LogP contribution in [0.5, 0.6) is 5.75 Å². The second kappa shape index (κ2) is 5.35. The number of aromatic hydroxyl groups is 1. The molecule has 5 nitrogen and oxygen atoms in total. The summed E-state index contributed by atoms with van der Waals surface area (Å²) in [6, 6.07) is 9.41. The summed E-state index contributed by atoms with van der Waals surface area (Å²) in [7, 11) is 0. The molecule has 3 rings (SSSR count). The van der Waals surface area contributed by atoms with Crippen molar-refractivity contribution in [1.29, 1.82) is 0 Å². The number of non-ortho nitro benzene ring substituents is 1. The van der Waals surface area contributed by atoms with Crippen LogP contribution in [-0.2, 0) is 6.42 Å². The molecule has 2 N–H and O–H groups in total. The van der Waals surface area contributed by atoms with Crippen molar-refractivity contribution >= 4 is 17.3 Å². The van der Waals surface area contributed by atoms with Gasteiger partial charge >= 0.3 is 0 Å². The van der Waals surface area contributed by atoms with E-state index in [1.54, 1.807) is 18.2 Å². The van der Waals surface area contributed by atoms with Gasteiger partial charge in [0.25, 0.3) is 5.69 Å². The van der Waals surface area contributed by atoms with Gasteiger partial charge in [-0.3, -0.25) is 10.1 Å². The first-order valence-corrected chi connectivity index (χ1v) is 6.93. The predicted octanol–water partition coefficient (Wildman–Crippen LogP) is 3.19. The Kier molecular flexibility index (Phi) is 3.53. The van der Waals surface area contributed by atoms with Crippen molar-refractivity contribution in [2.75, 3.05) is 6.54 Å². The lowest BCUT2D eigenvalue weighted by Crippen LogP contribution is -2.30. The lowest BCUT2D eigenvalue weighted by atomic mass is 9.89. The van der Waals surface area contributed by atoms with Crippen molar-refractivity contribution in [2.45, 2.75) is 12.5 Å². The molecule has 0 saturated carbocycles. The number of phenols is 1. The summed E-state index contributed by atoms with van der Waals surface area (Å²) in [6.45, 7) is 0.722. The number of fused-ring (bicyclic) bond motifs is 1. The van der Waals surface area contributed by atoms with Gasteiger partial charge in [-0.1, -0.05) is 17.7 Å². The van der Waals surface area contributed by atoms with E-state index in [2.05, 4.69) is 5.32 Å². The highest BCUT2D eigenvalue weighted by Crippen LogP contribution is 2.35. The van der Waals surface area contributed by atoms with Crippen molar-refractivity contribution in [2.24, 2.45) is 0 Å². The molecule has 6 heteroatoms. The van der Waals surface area contributed by atoms with Crippen LogP contribution in [0.25, 0.3) is 0 Å². The number of nitro benzene ring substituents is 1. The van der Waals surface area contributed by atoms with Crippen LogP contribution in [0, 0.1) is 10.1 Å². The van der Waals surface area contributed by atoms with E-state index >= 15 is 0 Å². The van der Waals surface area contributed by atoms with Crippen molar-refractivity contribution < 1.29 is 10.0 Å². The molecule has 2 aromatic carbocycles.